The third kappa shape index (κ3) is 4.72. The summed E-state index contributed by atoms with van der Waals surface area (Å²) < 4.78 is 42.8. The highest BCUT2D eigenvalue weighted by molar-refractivity contribution is 7.90. The van der Waals surface area contributed by atoms with E-state index in [-0.39, 0.29) is 22.5 Å². The SMILES string of the molecule is CCCc1nc(N2CCC(N3CC[C@H](Nc4ccc(S(C)(=O)=O)cc4F)C3=O)CC2)no1. The number of carbonyl (C=O) groups excluding carboxylic acids is 1. The number of nitrogens with one attached hydrogen (secondary N) is 1. The van der Waals surface area contributed by atoms with Crippen LogP contribution in [-0.4, -0.2) is 67.3 Å². The molecule has 1 atom stereocenters. The number of sulfone groups is 1. The van der Waals surface area contributed by atoms with Crippen molar-refractivity contribution in [1.29, 1.82) is 0 Å². The smallest absolute Gasteiger partial charge is 0.266 e. The second kappa shape index (κ2) is 9.05. The summed E-state index contributed by atoms with van der Waals surface area (Å²) in [6, 6.07) is 3.29. The first kappa shape index (κ1) is 22.5. The molecule has 2 saturated heterocycles. The van der Waals surface area contributed by atoms with Crippen LogP contribution in [0.2, 0.25) is 0 Å². The molecule has 2 aromatic rings. The standard InChI is InChI=1S/C21H28FN5O4S/c1-3-4-19-24-21(25-31-19)26-10-7-14(8-11-26)27-12-9-18(20(27)28)23-17-6-5-15(13-16(17)22)32(2,29)30/h5-6,13-14,18,23H,3-4,7-12H2,1-2H3/t18-/m0/s1. The fourth-order valence-electron chi connectivity index (χ4n) is 4.30. The topological polar surface area (TPSA) is 109 Å². The van der Waals surface area contributed by atoms with Crippen molar-refractivity contribution in [3.63, 3.8) is 0 Å². The monoisotopic (exact) mass is 465 g/mol. The molecule has 0 unspecified atom stereocenters. The highest BCUT2D eigenvalue weighted by Crippen LogP contribution is 2.27. The number of hydrogen-bond acceptors (Lipinski definition) is 8. The Morgan fingerprint density at radius 3 is 2.62 bits per heavy atom. The predicted octanol–water partition coefficient (Wildman–Crippen LogP) is 2.25. The lowest BCUT2D eigenvalue weighted by molar-refractivity contribution is -0.130. The maximum Gasteiger partial charge on any atom is 0.266 e. The molecule has 1 amide bonds. The molecule has 1 aromatic carbocycles. The zero-order valence-electron chi connectivity index (χ0n) is 18.3. The average Bonchev–Trinajstić information content (AvgIpc) is 3.36. The molecule has 174 valence electrons. The summed E-state index contributed by atoms with van der Waals surface area (Å²) in [5.41, 5.74) is 0.132. The minimum Gasteiger partial charge on any atom is -0.371 e. The molecule has 0 spiro atoms. The fourth-order valence-corrected chi connectivity index (χ4v) is 4.93. The van der Waals surface area contributed by atoms with Crippen molar-refractivity contribution >= 4 is 27.4 Å². The number of benzene rings is 1. The molecule has 2 fully saturated rings. The van der Waals surface area contributed by atoms with Gasteiger partial charge in [0.25, 0.3) is 5.95 Å². The largest absolute Gasteiger partial charge is 0.371 e. The number of nitrogens with zero attached hydrogens (tertiary/aromatic N) is 4. The fraction of sp³-hybridized carbons (Fsp3) is 0.571. The predicted molar refractivity (Wildman–Crippen MR) is 117 cm³/mol. The Bertz CT molecular complexity index is 1080. The van der Waals surface area contributed by atoms with Gasteiger partial charge >= 0.3 is 0 Å². The molecular weight excluding hydrogens is 437 g/mol. The maximum absolute atomic E-state index is 14.4. The Kier molecular flexibility index (Phi) is 6.36. The molecule has 3 heterocycles. The summed E-state index contributed by atoms with van der Waals surface area (Å²) in [6.07, 6.45) is 4.90. The van der Waals surface area contributed by atoms with Crippen LogP contribution < -0.4 is 10.2 Å². The normalized spacial score (nSPS) is 20.2. The Hall–Kier alpha value is -2.69. The van der Waals surface area contributed by atoms with Gasteiger partial charge in [-0.05, 0) is 49.0 Å². The lowest BCUT2D eigenvalue weighted by Gasteiger charge is -2.36. The zero-order valence-corrected chi connectivity index (χ0v) is 19.1. The van der Waals surface area contributed by atoms with Crippen LogP contribution >= 0.6 is 0 Å². The molecule has 2 aliphatic heterocycles. The second-order valence-corrected chi connectivity index (χ2v) is 10.4. The molecule has 9 nitrogen and oxygen atoms in total. The number of aromatic nitrogens is 2. The van der Waals surface area contributed by atoms with Crippen LogP contribution in [0, 0.1) is 5.82 Å². The quantitative estimate of drug-likeness (QED) is 0.663. The van der Waals surface area contributed by atoms with E-state index in [1.807, 2.05) is 4.90 Å². The number of carbonyl (C=O) groups is 1. The number of rotatable bonds is 7. The first-order valence-corrected chi connectivity index (χ1v) is 12.8. The molecular formula is C21H28FN5O4S. The minimum absolute atomic E-state index is 0.0557. The van der Waals surface area contributed by atoms with Crippen molar-refractivity contribution in [3.8, 4) is 0 Å². The molecule has 0 saturated carbocycles. The first-order valence-electron chi connectivity index (χ1n) is 10.9. The second-order valence-electron chi connectivity index (χ2n) is 8.39. The van der Waals surface area contributed by atoms with Gasteiger partial charge in [0.05, 0.1) is 10.6 Å². The Labute approximate surface area is 186 Å². The third-order valence-electron chi connectivity index (χ3n) is 6.05. The summed E-state index contributed by atoms with van der Waals surface area (Å²) in [6.45, 7) is 4.13. The minimum atomic E-state index is -3.49. The van der Waals surface area contributed by atoms with E-state index in [1.165, 1.54) is 12.1 Å². The van der Waals surface area contributed by atoms with Crippen LogP contribution in [0.4, 0.5) is 16.0 Å². The molecule has 4 rings (SSSR count). The van der Waals surface area contributed by atoms with Crippen molar-refractivity contribution in [1.82, 2.24) is 15.0 Å². The van der Waals surface area contributed by atoms with Gasteiger partial charge in [-0.3, -0.25) is 4.79 Å². The summed E-state index contributed by atoms with van der Waals surface area (Å²) in [5.74, 6) is 0.507. The van der Waals surface area contributed by atoms with Crippen molar-refractivity contribution in [2.75, 3.05) is 36.1 Å². The summed E-state index contributed by atoms with van der Waals surface area (Å²) in [7, 11) is -3.49. The van der Waals surface area contributed by atoms with Crippen LogP contribution in [0.1, 0.15) is 38.5 Å². The van der Waals surface area contributed by atoms with E-state index < -0.39 is 21.7 Å². The number of likely N-dealkylation sites (tertiary alicyclic amines) is 1. The van der Waals surface area contributed by atoms with E-state index in [0.29, 0.717) is 24.8 Å². The van der Waals surface area contributed by atoms with Gasteiger partial charge in [0.15, 0.2) is 9.84 Å². The van der Waals surface area contributed by atoms with Crippen molar-refractivity contribution in [2.45, 2.75) is 56.0 Å². The first-order chi connectivity index (χ1) is 15.3. The summed E-state index contributed by atoms with van der Waals surface area (Å²) in [4.78, 5) is 21.3. The molecule has 32 heavy (non-hydrogen) atoms. The number of hydrogen-bond donors (Lipinski definition) is 1. The Balaban J connectivity index is 1.34. The Morgan fingerprint density at radius 1 is 1.22 bits per heavy atom. The number of halogens is 1. The van der Waals surface area contributed by atoms with E-state index in [1.54, 1.807) is 0 Å². The van der Waals surface area contributed by atoms with Crippen molar-refractivity contribution < 1.29 is 22.1 Å². The van der Waals surface area contributed by atoms with Crippen LogP contribution in [0.3, 0.4) is 0 Å². The molecule has 0 bridgehead atoms. The van der Waals surface area contributed by atoms with Crippen LogP contribution in [0.25, 0.3) is 0 Å². The summed E-state index contributed by atoms with van der Waals surface area (Å²) >= 11 is 0. The lowest BCUT2D eigenvalue weighted by atomic mass is 10.0. The number of amides is 1. The summed E-state index contributed by atoms with van der Waals surface area (Å²) in [5, 5.41) is 7.01. The van der Waals surface area contributed by atoms with E-state index in [2.05, 4.69) is 27.3 Å². The maximum atomic E-state index is 14.4. The van der Waals surface area contributed by atoms with E-state index >= 15 is 0 Å². The van der Waals surface area contributed by atoms with Gasteiger partial charge in [-0.2, -0.15) is 4.98 Å². The number of aryl methyl sites for hydroxylation is 1. The van der Waals surface area contributed by atoms with Crippen LogP contribution in [0.15, 0.2) is 27.6 Å². The zero-order chi connectivity index (χ0) is 22.9. The van der Waals surface area contributed by atoms with E-state index in [0.717, 1.165) is 51.1 Å². The highest BCUT2D eigenvalue weighted by atomic mass is 32.2. The van der Waals surface area contributed by atoms with Gasteiger partial charge in [0.1, 0.15) is 11.9 Å². The molecule has 0 aliphatic carbocycles. The average molecular weight is 466 g/mol. The molecule has 1 N–H and O–H groups in total. The molecule has 1 aromatic heterocycles. The van der Waals surface area contributed by atoms with Gasteiger partial charge in [0.2, 0.25) is 11.8 Å². The molecule has 2 aliphatic rings. The Morgan fingerprint density at radius 2 is 1.97 bits per heavy atom. The van der Waals surface area contributed by atoms with Crippen LogP contribution in [0.5, 0.6) is 0 Å². The molecule has 0 radical (unpaired) electrons. The number of anilines is 2. The van der Waals surface area contributed by atoms with Crippen LogP contribution in [-0.2, 0) is 21.1 Å². The van der Waals surface area contributed by atoms with E-state index in [4.69, 9.17) is 4.52 Å². The van der Waals surface area contributed by atoms with Gasteiger partial charge in [0, 0.05) is 38.4 Å². The van der Waals surface area contributed by atoms with Gasteiger partial charge in [-0.15, -0.1) is 0 Å². The van der Waals surface area contributed by atoms with Gasteiger partial charge in [-0.1, -0.05) is 6.92 Å². The van der Waals surface area contributed by atoms with E-state index in [9.17, 15) is 17.6 Å². The third-order valence-corrected chi connectivity index (χ3v) is 7.16. The number of piperidine rings is 1. The molecule has 11 heteroatoms. The highest BCUT2D eigenvalue weighted by Gasteiger charge is 2.38. The lowest BCUT2D eigenvalue weighted by Crippen LogP contribution is -2.47. The van der Waals surface area contributed by atoms with Gasteiger partial charge in [-0.25, -0.2) is 12.8 Å². The van der Waals surface area contributed by atoms with Gasteiger partial charge < -0.3 is 19.6 Å². The van der Waals surface area contributed by atoms with Crippen molar-refractivity contribution in [3.05, 3.63) is 29.9 Å². The van der Waals surface area contributed by atoms with Crippen molar-refractivity contribution in [2.24, 2.45) is 0 Å².